The molecule has 0 spiro atoms. The van der Waals surface area contributed by atoms with Gasteiger partial charge in [0.1, 0.15) is 11.5 Å². The highest BCUT2D eigenvalue weighted by Crippen LogP contribution is 2.24. The van der Waals surface area contributed by atoms with Crippen molar-refractivity contribution in [3.8, 4) is 11.5 Å². The Kier molecular flexibility index (Phi) is 3.91. The zero-order chi connectivity index (χ0) is 14.7. The zero-order valence-corrected chi connectivity index (χ0v) is 10.9. The van der Waals surface area contributed by atoms with Gasteiger partial charge in [0.15, 0.2) is 0 Å². The Bertz CT molecular complexity index is 638. The molecule has 0 aliphatic carbocycles. The summed E-state index contributed by atoms with van der Waals surface area (Å²) in [6.07, 6.45) is -0.631. The smallest absolute Gasteiger partial charge is 0.259 e. The summed E-state index contributed by atoms with van der Waals surface area (Å²) in [6.45, 7) is 1.63. The maximum Gasteiger partial charge on any atom is 0.259 e. The minimum absolute atomic E-state index is 0.0604. The van der Waals surface area contributed by atoms with Crippen LogP contribution in [0.15, 0.2) is 42.5 Å². The fourth-order valence-electron chi connectivity index (χ4n) is 1.79. The number of carbonyl (C=O) groups is 1. The number of hydrogen-bond acceptors (Lipinski definition) is 4. The highest BCUT2D eigenvalue weighted by Gasteiger charge is 2.12. The maximum atomic E-state index is 12.0. The van der Waals surface area contributed by atoms with Gasteiger partial charge in [0.05, 0.1) is 11.7 Å². The monoisotopic (exact) mass is 273 g/mol. The predicted octanol–water partition coefficient (Wildman–Crippen LogP) is 2.40. The van der Waals surface area contributed by atoms with Gasteiger partial charge in [-0.2, -0.15) is 0 Å². The first-order chi connectivity index (χ1) is 9.47. The maximum absolute atomic E-state index is 12.0. The Balaban J connectivity index is 2.21. The van der Waals surface area contributed by atoms with Gasteiger partial charge in [-0.05, 0) is 36.8 Å². The van der Waals surface area contributed by atoms with Gasteiger partial charge in [-0.1, -0.05) is 12.1 Å². The summed E-state index contributed by atoms with van der Waals surface area (Å²) in [7, 11) is 0. The highest BCUT2D eigenvalue weighted by atomic mass is 16.3. The second kappa shape index (κ2) is 5.63. The van der Waals surface area contributed by atoms with Crippen LogP contribution in [0, 0.1) is 0 Å². The van der Waals surface area contributed by atoms with Crippen LogP contribution in [0.3, 0.4) is 0 Å². The molecule has 0 saturated heterocycles. The molecule has 0 aliphatic heterocycles. The fraction of sp³-hybridized carbons (Fsp3) is 0.133. The number of nitrogens with one attached hydrogen (secondary N) is 1. The molecule has 2 rings (SSSR count). The summed E-state index contributed by atoms with van der Waals surface area (Å²) in [5.41, 5.74) is 1.25. The minimum atomic E-state index is -0.631. The number of carbonyl (C=O) groups excluding carboxylic acids is 1. The average Bonchev–Trinajstić information content (AvgIpc) is 2.38. The van der Waals surface area contributed by atoms with Crippen molar-refractivity contribution < 1.29 is 20.1 Å². The topological polar surface area (TPSA) is 89.8 Å². The number of aliphatic hydroxyl groups excluding tert-OH is 1. The quantitative estimate of drug-likeness (QED) is 0.691. The molecule has 20 heavy (non-hydrogen) atoms. The molecule has 0 bridgehead atoms. The average molecular weight is 273 g/mol. The summed E-state index contributed by atoms with van der Waals surface area (Å²) < 4.78 is 0. The van der Waals surface area contributed by atoms with Crippen molar-refractivity contribution in [3.63, 3.8) is 0 Å². The number of phenolic OH excluding ortho intramolecular Hbond substituents is 2. The normalized spacial score (nSPS) is 11.9. The summed E-state index contributed by atoms with van der Waals surface area (Å²) in [5.74, 6) is -0.908. The lowest BCUT2D eigenvalue weighted by atomic mass is 10.1. The van der Waals surface area contributed by atoms with Gasteiger partial charge < -0.3 is 20.6 Å². The van der Waals surface area contributed by atoms with E-state index >= 15 is 0 Å². The van der Waals surface area contributed by atoms with Gasteiger partial charge in [-0.15, -0.1) is 0 Å². The lowest BCUT2D eigenvalue weighted by Gasteiger charge is -2.10. The van der Waals surface area contributed by atoms with Crippen molar-refractivity contribution in [1.82, 2.24) is 0 Å². The van der Waals surface area contributed by atoms with Gasteiger partial charge in [-0.3, -0.25) is 4.79 Å². The van der Waals surface area contributed by atoms with Gasteiger partial charge in [0.25, 0.3) is 5.91 Å². The van der Waals surface area contributed by atoms with Crippen LogP contribution in [-0.2, 0) is 0 Å². The Hall–Kier alpha value is -2.53. The van der Waals surface area contributed by atoms with Crippen LogP contribution >= 0.6 is 0 Å². The lowest BCUT2D eigenvalue weighted by molar-refractivity contribution is 0.102. The second-order valence-corrected chi connectivity index (χ2v) is 4.46. The largest absolute Gasteiger partial charge is 0.508 e. The summed E-state index contributed by atoms with van der Waals surface area (Å²) in [4.78, 5) is 12.0. The molecule has 0 fully saturated rings. The Morgan fingerprint density at radius 2 is 1.90 bits per heavy atom. The van der Waals surface area contributed by atoms with Crippen LogP contribution in [0.1, 0.15) is 28.9 Å². The molecule has 0 heterocycles. The van der Waals surface area contributed by atoms with E-state index in [1.54, 1.807) is 31.2 Å². The molecule has 0 radical (unpaired) electrons. The number of benzene rings is 2. The molecule has 104 valence electrons. The Labute approximate surface area is 116 Å². The number of phenols is 2. The standard InChI is InChI=1S/C15H15NO4/c1-9(17)10-3-2-4-11(7-10)16-15(20)13-6-5-12(18)8-14(13)19/h2-9,17-19H,1H3,(H,16,20). The minimum Gasteiger partial charge on any atom is -0.508 e. The Morgan fingerprint density at radius 3 is 2.55 bits per heavy atom. The van der Waals surface area contributed by atoms with Crippen LogP contribution < -0.4 is 5.32 Å². The molecule has 4 N–H and O–H groups in total. The van der Waals surface area contributed by atoms with E-state index in [2.05, 4.69) is 5.32 Å². The molecular weight excluding hydrogens is 258 g/mol. The number of anilines is 1. The first-order valence-corrected chi connectivity index (χ1v) is 6.08. The van der Waals surface area contributed by atoms with Crippen LogP contribution in [0.4, 0.5) is 5.69 Å². The highest BCUT2D eigenvalue weighted by molar-refractivity contribution is 6.06. The number of hydrogen-bond donors (Lipinski definition) is 4. The first kappa shape index (κ1) is 13.9. The van der Waals surface area contributed by atoms with E-state index in [9.17, 15) is 20.1 Å². The van der Waals surface area contributed by atoms with Crippen molar-refractivity contribution in [2.75, 3.05) is 5.32 Å². The van der Waals surface area contributed by atoms with Crippen LogP contribution in [-0.4, -0.2) is 21.2 Å². The summed E-state index contributed by atoms with van der Waals surface area (Å²) in [6, 6.07) is 10.6. The fourth-order valence-corrected chi connectivity index (χ4v) is 1.79. The third kappa shape index (κ3) is 3.07. The second-order valence-electron chi connectivity index (χ2n) is 4.46. The van der Waals surface area contributed by atoms with E-state index in [0.717, 1.165) is 6.07 Å². The van der Waals surface area contributed by atoms with Crippen molar-refractivity contribution >= 4 is 11.6 Å². The molecule has 1 unspecified atom stereocenters. The van der Waals surface area contributed by atoms with E-state index in [0.29, 0.717) is 11.3 Å². The molecule has 5 nitrogen and oxygen atoms in total. The summed E-state index contributed by atoms with van der Waals surface area (Å²) in [5, 5.41) is 30.9. The van der Waals surface area contributed by atoms with Crippen molar-refractivity contribution in [2.24, 2.45) is 0 Å². The zero-order valence-electron chi connectivity index (χ0n) is 10.9. The molecule has 0 saturated carbocycles. The summed E-state index contributed by atoms with van der Waals surface area (Å²) >= 11 is 0. The molecule has 0 aliphatic rings. The molecule has 5 heteroatoms. The number of amides is 1. The third-order valence-corrected chi connectivity index (χ3v) is 2.85. The SMILES string of the molecule is CC(O)c1cccc(NC(=O)c2ccc(O)cc2O)c1. The van der Waals surface area contributed by atoms with E-state index in [1.165, 1.54) is 12.1 Å². The lowest BCUT2D eigenvalue weighted by Crippen LogP contribution is -2.12. The number of aromatic hydroxyl groups is 2. The van der Waals surface area contributed by atoms with Gasteiger partial charge in [0.2, 0.25) is 0 Å². The van der Waals surface area contributed by atoms with E-state index in [1.807, 2.05) is 0 Å². The number of rotatable bonds is 3. The van der Waals surface area contributed by atoms with Gasteiger partial charge >= 0.3 is 0 Å². The van der Waals surface area contributed by atoms with Crippen LogP contribution in [0.25, 0.3) is 0 Å². The van der Waals surface area contributed by atoms with E-state index in [4.69, 9.17) is 0 Å². The van der Waals surface area contributed by atoms with E-state index in [-0.39, 0.29) is 17.1 Å². The Morgan fingerprint density at radius 1 is 1.15 bits per heavy atom. The van der Waals surface area contributed by atoms with Crippen molar-refractivity contribution in [3.05, 3.63) is 53.6 Å². The predicted molar refractivity (Wildman–Crippen MR) is 74.8 cm³/mol. The van der Waals surface area contributed by atoms with E-state index < -0.39 is 12.0 Å². The first-order valence-electron chi connectivity index (χ1n) is 6.08. The van der Waals surface area contributed by atoms with Crippen LogP contribution in [0.5, 0.6) is 11.5 Å². The van der Waals surface area contributed by atoms with Gasteiger partial charge in [0, 0.05) is 11.8 Å². The molecule has 0 aromatic heterocycles. The third-order valence-electron chi connectivity index (χ3n) is 2.85. The van der Waals surface area contributed by atoms with Gasteiger partial charge in [-0.25, -0.2) is 0 Å². The molecule has 1 amide bonds. The van der Waals surface area contributed by atoms with Crippen molar-refractivity contribution in [2.45, 2.75) is 13.0 Å². The molecule has 2 aromatic carbocycles. The molecule has 2 aromatic rings. The number of aliphatic hydroxyl groups is 1. The van der Waals surface area contributed by atoms with Crippen molar-refractivity contribution in [1.29, 1.82) is 0 Å². The molecular formula is C15H15NO4. The van der Waals surface area contributed by atoms with Crippen LogP contribution in [0.2, 0.25) is 0 Å². The molecule has 1 atom stereocenters.